The van der Waals surface area contributed by atoms with E-state index in [4.69, 9.17) is 5.73 Å². The minimum Gasteiger partial charge on any atom is -0.364 e. The number of aryl methyl sites for hydroxylation is 1. The molecule has 0 saturated carbocycles. The van der Waals surface area contributed by atoms with Crippen LogP contribution in [0.15, 0.2) is 24.3 Å². The predicted octanol–water partition coefficient (Wildman–Crippen LogP) is 1.83. The molecule has 0 aliphatic rings. The molecule has 1 aromatic heterocycles. The first kappa shape index (κ1) is 8.81. The fourth-order valence-corrected chi connectivity index (χ4v) is 1.53. The molecule has 0 bridgehead atoms. The van der Waals surface area contributed by atoms with Gasteiger partial charge >= 0.3 is 0 Å². The molecule has 3 N–H and O–H groups in total. The molecule has 1 amide bonds. The third kappa shape index (κ3) is 1.37. The molecule has 0 spiro atoms. The summed E-state index contributed by atoms with van der Waals surface area (Å²) in [5.74, 6) is -0.417. The van der Waals surface area contributed by atoms with E-state index in [0.717, 1.165) is 17.3 Å². The van der Waals surface area contributed by atoms with Crippen molar-refractivity contribution in [1.82, 2.24) is 4.98 Å². The van der Waals surface area contributed by atoms with E-state index in [1.165, 1.54) is 5.56 Å². The van der Waals surface area contributed by atoms with Crippen molar-refractivity contribution in [2.24, 2.45) is 5.73 Å². The number of aromatic amines is 1. The molecule has 3 heteroatoms. The lowest BCUT2D eigenvalue weighted by Gasteiger charge is -1.95. The molecule has 72 valence electrons. The second-order valence-corrected chi connectivity index (χ2v) is 3.32. The minimum absolute atomic E-state index is 0.417. The van der Waals surface area contributed by atoms with Gasteiger partial charge < -0.3 is 10.7 Å². The predicted molar refractivity (Wildman–Crippen MR) is 56.2 cm³/mol. The first-order chi connectivity index (χ1) is 6.70. The number of rotatable bonds is 2. The molecule has 2 aromatic rings. The molecule has 14 heavy (non-hydrogen) atoms. The summed E-state index contributed by atoms with van der Waals surface area (Å²) in [6, 6.07) is 7.87. The summed E-state index contributed by atoms with van der Waals surface area (Å²) in [6.07, 6.45) is 0.987. The van der Waals surface area contributed by atoms with E-state index in [-0.39, 0.29) is 0 Å². The summed E-state index contributed by atoms with van der Waals surface area (Å²) < 4.78 is 0. The molecule has 0 aliphatic heterocycles. The average molecular weight is 188 g/mol. The highest BCUT2D eigenvalue weighted by Crippen LogP contribution is 2.17. The third-order valence-corrected chi connectivity index (χ3v) is 2.36. The summed E-state index contributed by atoms with van der Waals surface area (Å²) in [6.45, 7) is 2.10. The number of primary amides is 1. The maximum atomic E-state index is 10.9. The Kier molecular flexibility index (Phi) is 2.00. The Morgan fingerprint density at radius 1 is 1.43 bits per heavy atom. The van der Waals surface area contributed by atoms with Crippen LogP contribution in [0, 0.1) is 0 Å². The quantitative estimate of drug-likeness (QED) is 0.742. The Hall–Kier alpha value is -1.77. The molecule has 1 aromatic carbocycles. The van der Waals surface area contributed by atoms with Crippen molar-refractivity contribution in [3.63, 3.8) is 0 Å². The van der Waals surface area contributed by atoms with Crippen molar-refractivity contribution in [2.45, 2.75) is 13.3 Å². The van der Waals surface area contributed by atoms with Gasteiger partial charge in [-0.05, 0) is 24.1 Å². The van der Waals surface area contributed by atoms with Crippen LogP contribution in [0.4, 0.5) is 0 Å². The topological polar surface area (TPSA) is 58.9 Å². The monoisotopic (exact) mass is 188 g/mol. The molecule has 2 rings (SSSR count). The number of nitrogens with two attached hydrogens (primary N) is 1. The summed E-state index contributed by atoms with van der Waals surface area (Å²) in [4.78, 5) is 13.9. The number of carbonyl (C=O) groups is 1. The van der Waals surface area contributed by atoms with Crippen LogP contribution in [0.5, 0.6) is 0 Å². The van der Waals surface area contributed by atoms with Crippen molar-refractivity contribution in [3.05, 3.63) is 35.5 Å². The van der Waals surface area contributed by atoms with Crippen molar-refractivity contribution in [2.75, 3.05) is 0 Å². The van der Waals surface area contributed by atoms with E-state index in [1.54, 1.807) is 6.07 Å². The molecule has 0 fully saturated rings. The van der Waals surface area contributed by atoms with E-state index < -0.39 is 5.91 Å². The number of carbonyl (C=O) groups excluding carboxylic acids is 1. The van der Waals surface area contributed by atoms with E-state index in [9.17, 15) is 4.79 Å². The fourth-order valence-electron chi connectivity index (χ4n) is 1.53. The molecule has 3 nitrogen and oxygen atoms in total. The number of H-pyrrole nitrogens is 1. The van der Waals surface area contributed by atoms with Gasteiger partial charge in [0, 0.05) is 10.9 Å². The van der Waals surface area contributed by atoms with E-state index in [1.807, 2.05) is 12.1 Å². The summed E-state index contributed by atoms with van der Waals surface area (Å²) in [5, 5.41) is 1.02. The van der Waals surface area contributed by atoms with Gasteiger partial charge in [0.05, 0.1) is 0 Å². The Labute approximate surface area is 81.9 Å². The van der Waals surface area contributed by atoms with E-state index >= 15 is 0 Å². The number of fused-ring (bicyclic) bond motifs is 1. The second kappa shape index (κ2) is 3.18. The smallest absolute Gasteiger partial charge is 0.265 e. The van der Waals surface area contributed by atoms with Gasteiger partial charge in [0.15, 0.2) is 0 Å². The zero-order valence-electron chi connectivity index (χ0n) is 8.00. The zero-order chi connectivity index (χ0) is 10.1. The number of benzene rings is 1. The second-order valence-electron chi connectivity index (χ2n) is 3.32. The highest BCUT2D eigenvalue weighted by Gasteiger charge is 2.05. The molecule has 0 atom stereocenters. The van der Waals surface area contributed by atoms with E-state index in [2.05, 4.69) is 18.0 Å². The summed E-state index contributed by atoms with van der Waals surface area (Å²) in [5.41, 5.74) is 7.86. The normalized spacial score (nSPS) is 10.6. The number of hydrogen-bond acceptors (Lipinski definition) is 1. The fraction of sp³-hybridized carbons (Fsp3) is 0.182. The summed E-state index contributed by atoms with van der Waals surface area (Å²) in [7, 11) is 0. The first-order valence-electron chi connectivity index (χ1n) is 4.62. The Morgan fingerprint density at radius 2 is 2.21 bits per heavy atom. The maximum Gasteiger partial charge on any atom is 0.265 e. The van der Waals surface area contributed by atoms with Crippen LogP contribution in [0.25, 0.3) is 10.9 Å². The van der Waals surface area contributed by atoms with Gasteiger partial charge in [0.25, 0.3) is 5.91 Å². The Balaban J connectivity index is 2.60. The highest BCUT2D eigenvalue weighted by atomic mass is 16.1. The standard InChI is InChI=1S/C11H12N2O/c1-2-7-3-4-8-6-10(11(12)14)13-9(8)5-7/h3-6,13H,2H2,1H3,(H2,12,14). The number of hydrogen-bond donors (Lipinski definition) is 2. The molecule has 1 heterocycles. The lowest BCUT2D eigenvalue weighted by molar-refractivity contribution is 0.0996. The van der Waals surface area contributed by atoms with Crippen LogP contribution in [-0.4, -0.2) is 10.9 Å². The minimum atomic E-state index is -0.417. The lowest BCUT2D eigenvalue weighted by Crippen LogP contribution is -2.10. The molecule has 0 unspecified atom stereocenters. The van der Waals surface area contributed by atoms with E-state index in [0.29, 0.717) is 5.69 Å². The SMILES string of the molecule is CCc1ccc2cc(C(N)=O)[nH]c2c1. The van der Waals surface area contributed by atoms with Gasteiger partial charge in [0.2, 0.25) is 0 Å². The van der Waals surface area contributed by atoms with Crippen LogP contribution in [0.3, 0.4) is 0 Å². The van der Waals surface area contributed by atoms with Gasteiger partial charge in [0.1, 0.15) is 5.69 Å². The average Bonchev–Trinajstić information content (AvgIpc) is 2.59. The Bertz CT molecular complexity index is 485. The van der Waals surface area contributed by atoms with Crippen LogP contribution >= 0.6 is 0 Å². The molecule has 0 aliphatic carbocycles. The number of amides is 1. The van der Waals surface area contributed by atoms with Gasteiger partial charge in [-0.15, -0.1) is 0 Å². The van der Waals surface area contributed by atoms with Gasteiger partial charge in [-0.2, -0.15) is 0 Å². The molecule has 0 saturated heterocycles. The number of nitrogens with one attached hydrogen (secondary N) is 1. The van der Waals surface area contributed by atoms with Crippen molar-refractivity contribution in [1.29, 1.82) is 0 Å². The maximum absolute atomic E-state index is 10.9. The van der Waals surface area contributed by atoms with Crippen molar-refractivity contribution in [3.8, 4) is 0 Å². The van der Waals surface area contributed by atoms with Crippen LogP contribution < -0.4 is 5.73 Å². The van der Waals surface area contributed by atoms with Crippen LogP contribution in [-0.2, 0) is 6.42 Å². The highest BCUT2D eigenvalue weighted by molar-refractivity contribution is 5.97. The number of aromatic nitrogens is 1. The van der Waals surface area contributed by atoms with Gasteiger partial charge in [-0.3, -0.25) is 4.79 Å². The molecular weight excluding hydrogens is 176 g/mol. The van der Waals surface area contributed by atoms with Crippen LogP contribution in [0.2, 0.25) is 0 Å². The largest absolute Gasteiger partial charge is 0.364 e. The van der Waals surface area contributed by atoms with Gasteiger partial charge in [-0.1, -0.05) is 19.1 Å². The van der Waals surface area contributed by atoms with Crippen molar-refractivity contribution < 1.29 is 4.79 Å². The van der Waals surface area contributed by atoms with Crippen LogP contribution in [0.1, 0.15) is 23.0 Å². The molecular formula is C11H12N2O. The summed E-state index contributed by atoms with van der Waals surface area (Å²) >= 11 is 0. The lowest BCUT2D eigenvalue weighted by atomic mass is 10.1. The van der Waals surface area contributed by atoms with Crippen molar-refractivity contribution >= 4 is 16.8 Å². The van der Waals surface area contributed by atoms with Gasteiger partial charge in [-0.25, -0.2) is 0 Å². The zero-order valence-corrected chi connectivity index (χ0v) is 8.00. The first-order valence-corrected chi connectivity index (χ1v) is 4.62. The Morgan fingerprint density at radius 3 is 2.86 bits per heavy atom. The molecule has 0 radical (unpaired) electrons. The third-order valence-electron chi connectivity index (χ3n) is 2.36.